The Hall–Kier alpha value is -2.35. The Morgan fingerprint density at radius 3 is 2.41 bits per heavy atom. The second-order valence-electron chi connectivity index (χ2n) is 3.46. The van der Waals surface area contributed by atoms with Gasteiger partial charge in [-0.15, -0.1) is 5.10 Å². The highest BCUT2D eigenvalue weighted by molar-refractivity contribution is 5.69. The highest BCUT2D eigenvalue weighted by Crippen LogP contribution is 2.27. The molecule has 17 heavy (non-hydrogen) atoms. The molecule has 0 amide bonds. The van der Waals surface area contributed by atoms with Crippen LogP contribution in [-0.2, 0) is 0 Å². The third-order valence-corrected chi connectivity index (χ3v) is 2.25. The maximum absolute atomic E-state index is 13.6. The highest BCUT2D eigenvalue weighted by Gasteiger charge is 2.16. The van der Waals surface area contributed by atoms with Crippen LogP contribution in [0.5, 0.6) is 0 Å². The lowest BCUT2D eigenvalue weighted by Crippen LogP contribution is -1.98. The molecule has 2 aromatic rings. The second kappa shape index (κ2) is 4.26. The van der Waals surface area contributed by atoms with Crippen LogP contribution in [0.3, 0.4) is 0 Å². The smallest absolute Gasteiger partial charge is 0.171 e. The van der Waals surface area contributed by atoms with Crippen molar-refractivity contribution in [2.75, 3.05) is 0 Å². The summed E-state index contributed by atoms with van der Waals surface area (Å²) >= 11 is 0. The zero-order valence-corrected chi connectivity index (χ0v) is 8.91. The molecule has 0 bridgehead atoms. The number of nitriles is 1. The zero-order chi connectivity index (χ0) is 12.4. The Labute approximate surface area is 96.3 Å². The normalized spacial score (nSPS) is 10.0. The van der Waals surface area contributed by atoms with Crippen molar-refractivity contribution in [3.8, 4) is 17.2 Å². The molecule has 0 fully saturated rings. The molecule has 5 heteroatoms. The van der Waals surface area contributed by atoms with Crippen molar-refractivity contribution in [3.63, 3.8) is 0 Å². The number of benzene rings is 1. The zero-order valence-electron chi connectivity index (χ0n) is 8.91. The van der Waals surface area contributed by atoms with Crippen molar-refractivity contribution in [3.05, 3.63) is 47.3 Å². The van der Waals surface area contributed by atoms with E-state index < -0.39 is 11.6 Å². The minimum Gasteiger partial charge on any atom is -0.206 e. The number of rotatable bonds is 1. The molecule has 0 saturated carbocycles. The van der Waals surface area contributed by atoms with Crippen molar-refractivity contribution in [2.45, 2.75) is 6.92 Å². The monoisotopic (exact) mass is 231 g/mol. The van der Waals surface area contributed by atoms with E-state index in [2.05, 4.69) is 10.2 Å². The van der Waals surface area contributed by atoms with E-state index in [4.69, 9.17) is 5.26 Å². The molecule has 1 aromatic carbocycles. The largest absolute Gasteiger partial charge is 0.206 e. The third-order valence-electron chi connectivity index (χ3n) is 2.25. The molecular formula is C12H7F2N3. The minimum absolute atomic E-state index is 0.0976. The van der Waals surface area contributed by atoms with Gasteiger partial charge in [0.2, 0.25) is 0 Å². The van der Waals surface area contributed by atoms with Crippen LogP contribution in [0, 0.1) is 29.9 Å². The Morgan fingerprint density at radius 1 is 1.18 bits per heavy atom. The molecule has 3 nitrogen and oxygen atoms in total. The molecule has 0 aliphatic carbocycles. The van der Waals surface area contributed by atoms with Gasteiger partial charge >= 0.3 is 0 Å². The molecule has 0 aliphatic rings. The Kier molecular flexibility index (Phi) is 2.79. The van der Waals surface area contributed by atoms with Crippen molar-refractivity contribution in [1.82, 2.24) is 10.2 Å². The summed E-state index contributed by atoms with van der Waals surface area (Å²) < 4.78 is 27.2. The van der Waals surface area contributed by atoms with Crippen LogP contribution in [-0.4, -0.2) is 10.2 Å². The summed E-state index contributed by atoms with van der Waals surface area (Å²) in [6.07, 6.45) is 0. The maximum Gasteiger partial charge on any atom is 0.171 e. The molecule has 0 spiro atoms. The molecule has 1 aromatic heterocycles. The molecule has 0 saturated heterocycles. The van der Waals surface area contributed by atoms with Gasteiger partial charge in [-0.3, -0.25) is 0 Å². The lowest BCUT2D eigenvalue weighted by molar-refractivity contribution is 0.589. The first-order valence-corrected chi connectivity index (χ1v) is 4.82. The number of hydrogen-bond acceptors (Lipinski definition) is 3. The maximum atomic E-state index is 13.6. The van der Waals surface area contributed by atoms with E-state index in [0.717, 1.165) is 12.1 Å². The molecule has 0 aliphatic heterocycles. The molecule has 0 atom stereocenters. The summed E-state index contributed by atoms with van der Waals surface area (Å²) in [6, 6.07) is 6.74. The molecule has 1 heterocycles. The van der Waals surface area contributed by atoms with Gasteiger partial charge in [0.1, 0.15) is 17.7 Å². The van der Waals surface area contributed by atoms with Crippen LogP contribution in [0.2, 0.25) is 0 Å². The van der Waals surface area contributed by atoms with Crippen LogP contribution in [0.25, 0.3) is 11.1 Å². The van der Waals surface area contributed by atoms with Crippen LogP contribution < -0.4 is 0 Å². The van der Waals surface area contributed by atoms with Crippen molar-refractivity contribution in [1.29, 1.82) is 5.26 Å². The minimum atomic E-state index is -0.728. The Morgan fingerprint density at radius 2 is 1.82 bits per heavy atom. The molecular weight excluding hydrogens is 224 g/mol. The fourth-order valence-corrected chi connectivity index (χ4v) is 1.52. The molecule has 0 radical (unpaired) electrons. The summed E-state index contributed by atoms with van der Waals surface area (Å²) in [6.45, 7) is 1.64. The highest BCUT2D eigenvalue weighted by atomic mass is 19.1. The fraction of sp³-hybridized carbons (Fsp3) is 0.0833. The van der Waals surface area contributed by atoms with Gasteiger partial charge in [-0.2, -0.15) is 10.4 Å². The Balaban J connectivity index is 2.77. The predicted molar refractivity (Wildman–Crippen MR) is 56.8 cm³/mol. The number of halogens is 2. The predicted octanol–water partition coefficient (Wildman–Crippen LogP) is 2.60. The fourth-order valence-electron chi connectivity index (χ4n) is 1.52. The first-order valence-electron chi connectivity index (χ1n) is 4.82. The van der Waals surface area contributed by atoms with Gasteiger partial charge in [-0.05, 0) is 25.1 Å². The van der Waals surface area contributed by atoms with E-state index in [1.807, 2.05) is 0 Å². The molecule has 0 N–H and O–H groups in total. The van der Waals surface area contributed by atoms with E-state index in [1.54, 1.807) is 13.0 Å². The van der Waals surface area contributed by atoms with Crippen molar-refractivity contribution in [2.24, 2.45) is 0 Å². The van der Waals surface area contributed by atoms with Gasteiger partial charge in [0.15, 0.2) is 5.69 Å². The molecule has 84 valence electrons. The Bertz CT molecular complexity index is 597. The SMILES string of the molecule is Cc1cc(-c2c(F)cccc2F)c(C#N)nn1. The molecule has 2 rings (SSSR count). The summed E-state index contributed by atoms with van der Waals surface area (Å²) in [5.41, 5.74) is 0.263. The van der Waals surface area contributed by atoms with Crippen LogP contribution in [0.15, 0.2) is 24.3 Å². The number of aromatic nitrogens is 2. The molecule has 0 unspecified atom stereocenters. The third kappa shape index (κ3) is 1.97. The van der Waals surface area contributed by atoms with E-state index in [9.17, 15) is 8.78 Å². The average Bonchev–Trinajstić information content (AvgIpc) is 2.29. The van der Waals surface area contributed by atoms with E-state index in [0.29, 0.717) is 5.69 Å². The van der Waals surface area contributed by atoms with Gasteiger partial charge < -0.3 is 0 Å². The summed E-state index contributed by atoms with van der Waals surface area (Å²) in [4.78, 5) is 0. The number of nitrogens with zero attached hydrogens (tertiary/aromatic N) is 3. The summed E-state index contributed by atoms with van der Waals surface area (Å²) in [5, 5.41) is 16.1. The first-order chi connectivity index (χ1) is 8.13. The van der Waals surface area contributed by atoms with Gasteiger partial charge in [-0.25, -0.2) is 8.78 Å². The van der Waals surface area contributed by atoms with Crippen molar-refractivity contribution >= 4 is 0 Å². The van der Waals surface area contributed by atoms with E-state index in [-0.39, 0.29) is 16.8 Å². The summed E-state index contributed by atoms with van der Waals surface area (Å²) in [7, 11) is 0. The first kappa shape index (κ1) is 11.1. The van der Waals surface area contributed by atoms with E-state index >= 15 is 0 Å². The topological polar surface area (TPSA) is 49.6 Å². The van der Waals surface area contributed by atoms with Crippen molar-refractivity contribution < 1.29 is 8.78 Å². The van der Waals surface area contributed by atoms with Gasteiger partial charge in [0, 0.05) is 5.56 Å². The van der Waals surface area contributed by atoms with Gasteiger partial charge in [0.05, 0.1) is 11.3 Å². The quantitative estimate of drug-likeness (QED) is 0.757. The lowest BCUT2D eigenvalue weighted by atomic mass is 10.0. The van der Waals surface area contributed by atoms with E-state index in [1.165, 1.54) is 12.1 Å². The second-order valence-corrected chi connectivity index (χ2v) is 3.46. The number of aryl methyl sites for hydroxylation is 1. The van der Waals surface area contributed by atoms with Gasteiger partial charge in [0.25, 0.3) is 0 Å². The average molecular weight is 231 g/mol. The standard InChI is InChI=1S/C12H7F2N3/c1-7-5-8(11(6-15)17-16-7)12-9(13)3-2-4-10(12)14/h2-5H,1H3. The number of hydrogen-bond donors (Lipinski definition) is 0. The van der Waals surface area contributed by atoms with Crippen LogP contribution in [0.4, 0.5) is 8.78 Å². The summed E-state index contributed by atoms with van der Waals surface area (Å²) in [5.74, 6) is -1.46. The lowest BCUT2D eigenvalue weighted by Gasteiger charge is -2.06. The van der Waals surface area contributed by atoms with Gasteiger partial charge in [-0.1, -0.05) is 6.07 Å². The van der Waals surface area contributed by atoms with Crippen LogP contribution >= 0.6 is 0 Å². The van der Waals surface area contributed by atoms with Crippen LogP contribution in [0.1, 0.15) is 11.4 Å².